The number of rotatable bonds is 9. The van der Waals surface area contributed by atoms with Crippen molar-refractivity contribution in [2.24, 2.45) is 0 Å². The molecule has 0 aliphatic rings. The Morgan fingerprint density at radius 3 is 2.50 bits per heavy atom. The largest absolute Gasteiger partial charge is 0.487 e. The number of nitrogens with zero attached hydrogens (tertiary/aromatic N) is 1. The quantitative estimate of drug-likeness (QED) is 0.146. The van der Waals surface area contributed by atoms with E-state index in [9.17, 15) is 26.7 Å². The van der Waals surface area contributed by atoms with Gasteiger partial charge in [0.1, 0.15) is 29.7 Å². The standard InChI is InChI=1S/C27H21ClF5N3O2S2/c1-3-23-21(11-24(40-23)26(37)35-19-7-16(28)8-20(10-19)36-39-2)25-22(9-18(30)12-34-25)38-13-14-4-15(27(31,32)33)6-17(29)5-14/h4-12,36H,3,13H2,1-2H3,(H,35,37). The van der Waals surface area contributed by atoms with Gasteiger partial charge in [-0.3, -0.25) is 4.79 Å². The second-order valence-corrected chi connectivity index (χ2v) is 10.6. The van der Waals surface area contributed by atoms with Crippen LogP contribution in [0.2, 0.25) is 5.02 Å². The Morgan fingerprint density at radius 2 is 1.80 bits per heavy atom. The summed E-state index contributed by atoms with van der Waals surface area (Å²) in [5.74, 6) is -2.30. The van der Waals surface area contributed by atoms with Gasteiger partial charge in [0.15, 0.2) is 0 Å². The van der Waals surface area contributed by atoms with E-state index in [1.165, 1.54) is 23.3 Å². The van der Waals surface area contributed by atoms with E-state index in [1.807, 2.05) is 13.2 Å². The van der Waals surface area contributed by atoms with E-state index in [-0.39, 0.29) is 17.0 Å². The molecule has 0 unspecified atom stereocenters. The number of aromatic nitrogens is 1. The minimum Gasteiger partial charge on any atom is -0.487 e. The number of amides is 1. The smallest absolute Gasteiger partial charge is 0.416 e. The molecule has 0 bridgehead atoms. The average Bonchev–Trinajstić information content (AvgIpc) is 3.31. The fraction of sp³-hybridized carbons (Fsp3) is 0.185. The van der Waals surface area contributed by atoms with Crippen LogP contribution in [0.1, 0.15) is 32.6 Å². The highest BCUT2D eigenvalue weighted by Gasteiger charge is 2.31. The maximum atomic E-state index is 14.1. The average molecular weight is 614 g/mol. The van der Waals surface area contributed by atoms with Crippen LogP contribution in [0.5, 0.6) is 5.75 Å². The van der Waals surface area contributed by atoms with Gasteiger partial charge in [0.2, 0.25) is 0 Å². The van der Waals surface area contributed by atoms with E-state index in [2.05, 4.69) is 15.0 Å². The molecule has 0 radical (unpaired) electrons. The van der Waals surface area contributed by atoms with Crippen LogP contribution in [0.3, 0.4) is 0 Å². The van der Waals surface area contributed by atoms with E-state index in [1.54, 1.807) is 24.3 Å². The first-order chi connectivity index (χ1) is 19.0. The predicted octanol–water partition coefficient (Wildman–Crippen LogP) is 8.84. The molecular formula is C27H21ClF5N3O2S2. The Labute approximate surface area is 239 Å². The highest BCUT2D eigenvalue weighted by atomic mass is 35.5. The second kappa shape index (κ2) is 12.4. The molecule has 1 amide bonds. The molecule has 13 heteroatoms. The maximum absolute atomic E-state index is 14.1. The van der Waals surface area contributed by atoms with Gasteiger partial charge in [-0.1, -0.05) is 30.5 Å². The van der Waals surface area contributed by atoms with Gasteiger partial charge < -0.3 is 14.8 Å². The number of halogens is 6. The van der Waals surface area contributed by atoms with E-state index < -0.39 is 35.9 Å². The molecule has 4 rings (SSSR count). The molecule has 2 N–H and O–H groups in total. The number of anilines is 2. The minimum atomic E-state index is -4.75. The summed E-state index contributed by atoms with van der Waals surface area (Å²) in [6.07, 6.45) is -1.43. The molecule has 4 aromatic rings. The molecule has 0 atom stereocenters. The fourth-order valence-corrected chi connectivity index (χ4v) is 5.41. The lowest BCUT2D eigenvalue weighted by molar-refractivity contribution is -0.137. The number of hydrogen-bond acceptors (Lipinski definition) is 6. The summed E-state index contributed by atoms with van der Waals surface area (Å²) >= 11 is 8.74. The van der Waals surface area contributed by atoms with E-state index in [0.29, 0.717) is 39.3 Å². The number of thiophene rings is 1. The Kier molecular flexibility index (Phi) is 9.22. The molecule has 0 aliphatic carbocycles. The lowest BCUT2D eigenvalue weighted by atomic mass is 10.1. The van der Waals surface area contributed by atoms with Gasteiger partial charge in [-0.2, -0.15) is 13.2 Å². The van der Waals surface area contributed by atoms with Gasteiger partial charge in [-0.05, 0) is 54.4 Å². The first-order valence-corrected chi connectivity index (χ1v) is 14.1. The molecule has 40 heavy (non-hydrogen) atoms. The van der Waals surface area contributed by atoms with Crippen LogP contribution in [0.15, 0.2) is 54.7 Å². The van der Waals surface area contributed by atoms with Crippen molar-refractivity contribution < 1.29 is 31.5 Å². The number of hydrogen-bond donors (Lipinski definition) is 2. The topological polar surface area (TPSA) is 63.2 Å². The highest BCUT2D eigenvalue weighted by molar-refractivity contribution is 7.99. The zero-order chi connectivity index (χ0) is 29.0. The molecular weight excluding hydrogens is 593 g/mol. The summed E-state index contributed by atoms with van der Waals surface area (Å²) in [7, 11) is 0. The lowest BCUT2D eigenvalue weighted by Gasteiger charge is -2.13. The number of aryl methyl sites for hydroxylation is 1. The molecule has 0 saturated carbocycles. The molecule has 210 valence electrons. The van der Waals surface area contributed by atoms with Crippen LogP contribution < -0.4 is 14.8 Å². The Balaban J connectivity index is 1.62. The monoisotopic (exact) mass is 613 g/mol. The van der Waals surface area contributed by atoms with Crippen molar-refractivity contribution in [1.82, 2.24) is 4.98 Å². The van der Waals surface area contributed by atoms with Crippen molar-refractivity contribution in [2.45, 2.75) is 26.1 Å². The zero-order valence-electron chi connectivity index (χ0n) is 21.0. The van der Waals surface area contributed by atoms with Crippen LogP contribution in [0, 0.1) is 11.6 Å². The third kappa shape index (κ3) is 7.23. The molecule has 0 saturated heterocycles. The van der Waals surface area contributed by atoms with Crippen molar-refractivity contribution in [1.29, 1.82) is 0 Å². The fourth-order valence-electron chi connectivity index (χ4n) is 3.83. The van der Waals surface area contributed by atoms with Crippen LogP contribution in [-0.4, -0.2) is 17.1 Å². The van der Waals surface area contributed by atoms with Gasteiger partial charge in [-0.15, -0.1) is 11.3 Å². The summed E-state index contributed by atoms with van der Waals surface area (Å²) in [5.41, 5.74) is 0.601. The molecule has 2 heterocycles. The summed E-state index contributed by atoms with van der Waals surface area (Å²) in [5, 5.41) is 3.23. The zero-order valence-corrected chi connectivity index (χ0v) is 23.3. The predicted molar refractivity (Wildman–Crippen MR) is 149 cm³/mol. The first-order valence-electron chi connectivity index (χ1n) is 11.7. The van der Waals surface area contributed by atoms with Crippen molar-refractivity contribution in [3.05, 3.63) is 92.3 Å². The van der Waals surface area contributed by atoms with Crippen LogP contribution >= 0.6 is 34.9 Å². The first kappa shape index (κ1) is 29.6. The van der Waals surface area contributed by atoms with Gasteiger partial charge in [0, 0.05) is 39.2 Å². The molecule has 0 fully saturated rings. The van der Waals surface area contributed by atoms with Gasteiger partial charge in [0.05, 0.1) is 16.6 Å². The number of ether oxygens (including phenoxy) is 1. The van der Waals surface area contributed by atoms with Crippen LogP contribution in [0.25, 0.3) is 11.3 Å². The summed E-state index contributed by atoms with van der Waals surface area (Å²) in [4.78, 5) is 18.3. The number of benzene rings is 2. The molecule has 2 aromatic heterocycles. The van der Waals surface area contributed by atoms with Crippen LogP contribution in [-0.2, 0) is 19.2 Å². The SMILES string of the molecule is CCc1sc(C(=O)Nc2cc(Cl)cc(NSC)c2)cc1-c1ncc(F)cc1OCc1cc(F)cc(C(F)(F)F)c1. The van der Waals surface area contributed by atoms with Gasteiger partial charge in [0.25, 0.3) is 5.91 Å². The van der Waals surface area contributed by atoms with Crippen molar-refractivity contribution >= 4 is 52.2 Å². The summed E-state index contributed by atoms with van der Waals surface area (Å²) in [6, 6.07) is 9.70. The normalized spacial score (nSPS) is 11.4. The number of alkyl halides is 3. The molecule has 5 nitrogen and oxygen atoms in total. The van der Waals surface area contributed by atoms with E-state index in [4.69, 9.17) is 16.3 Å². The van der Waals surface area contributed by atoms with Crippen molar-refractivity contribution in [3.63, 3.8) is 0 Å². The second-order valence-electron chi connectivity index (χ2n) is 8.42. The third-order valence-electron chi connectivity index (χ3n) is 5.48. The number of nitrogens with one attached hydrogen (secondary N) is 2. The minimum absolute atomic E-state index is 0.0695. The Bertz CT molecular complexity index is 1550. The van der Waals surface area contributed by atoms with Crippen molar-refractivity contribution in [3.8, 4) is 17.0 Å². The highest BCUT2D eigenvalue weighted by Crippen LogP contribution is 2.38. The number of carbonyl (C=O) groups excluding carboxylic acids is 1. The number of pyridine rings is 1. The number of carbonyl (C=O) groups is 1. The van der Waals surface area contributed by atoms with E-state index >= 15 is 0 Å². The summed E-state index contributed by atoms with van der Waals surface area (Å²) in [6.45, 7) is 1.39. The Morgan fingerprint density at radius 1 is 1.05 bits per heavy atom. The van der Waals surface area contributed by atoms with Gasteiger partial charge in [-0.25, -0.2) is 13.8 Å². The van der Waals surface area contributed by atoms with Gasteiger partial charge >= 0.3 is 6.18 Å². The lowest BCUT2D eigenvalue weighted by Crippen LogP contribution is -2.10. The van der Waals surface area contributed by atoms with Crippen molar-refractivity contribution in [2.75, 3.05) is 16.3 Å². The maximum Gasteiger partial charge on any atom is 0.416 e. The van der Waals surface area contributed by atoms with E-state index in [0.717, 1.165) is 29.3 Å². The third-order valence-corrected chi connectivity index (χ3v) is 7.42. The Hall–Kier alpha value is -3.35. The molecule has 2 aromatic carbocycles. The summed E-state index contributed by atoms with van der Waals surface area (Å²) < 4.78 is 75.9. The van der Waals surface area contributed by atoms with Crippen LogP contribution in [0.4, 0.5) is 33.3 Å². The molecule has 0 spiro atoms. The molecule has 0 aliphatic heterocycles.